The van der Waals surface area contributed by atoms with Gasteiger partial charge in [0, 0.05) is 26.7 Å². The number of nitrogens with two attached hydrogens (primary N) is 1. The molecular formula is C27H32N6NaO5PS. The zero-order valence-electron chi connectivity index (χ0n) is 24.5. The van der Waals surface area contributed by atoms with Crippen molar-refractivity contribution in [1.82, 2.24) is 20.3 Å². The molecule has 0 bridgehead atoms. The number of rotatable bonds is 10. The normalized spacial score (nSPS) is 11.8. The molecule has 212 valence electrons. The van der Waals surface area contributed by atoms with Crippen molar-refractivity contribution in [3.63, 3.8) is 0 Å². The number of phosphoric ester groups is 1. The van der Waals surface area contributed by atoms with E-state index >= 15 is 0 Å². The third-order valence-electron chi connectivity index (χ3n) is 5.76. The number of phosphoric acid groups is 1. The summed E-state index contributed by atoms with van der Waals surface area (Å²) in [6.45, 7) is 6.96. The van der Waals surface area contributed by atoms with Gasteiger partial charge in [0.15, 0.2) is 5.65 Å². The first-order valence-corrected chi connectivity index (χ1v) is 14.7. The molecule has 41 heavy (non-hydrogen) atoms. The van der Waals surface area contributed by atoms with Gasteiger partial charge in [-0.3, -0.25) is 9.32 Å². The Hall–Kier alpha value is -2.54. The van der Waals surface area contributed by atoms with Crippen molar-refractivity contribution >= 4 is 53.7 Å². The minimum Gasteiger partial charge on any atom is -1.00 e. The number of hydrogen-bond acceptors (Lipinski definition) is 9. The molecule has 0 aliphatic rings. The van der Waals surface area contributed by atoms with Gasteiger partial charge in [-0.25, -0.2) is 19.5 Å². The number of nitrogens with one attached hydrogen (secondary N) is 2. The Bertz CT molecular complexity index is 1590. The number of anilines is 3. The van der Waals surface area contributed by atoms with Crippen LogP contribution in [0.2, 0.25) is 0 Å². The molecule has 6 N–H and O–H groups in total. The number of nitrogen functional groups attached to an aromatic ring is 1. The van der Waals surface area contributed by atoms with Crippen molar-refractivity contribution in [2.24, 2.45) is 0 Å². The molecule has 1 amide bonds. The average Bonchev–Trinajstić information content (AvgIpc) is 2.89. The third-order valence-corrected chi connectivity index (χ3v) is 7.31. The average molecular weight is 607 g/mol. The molecule has 0 saturated carbocycles. The van der Waals surface area contributed by atoms with E-state index in [1.807, 2.05) is 42.5 Å². The maximum atomic E-state index is 13.2. The molecule has 14 heteroatoms. The zero-order chi connectivity index (χ0) is 29.1. The maximum absolute atomic E-state index is 13.2. The summed E-state index contributed by atoms with van der Waals surface area (Å²) in [6.07, 6.45) is 1.44. The van der Waals surface area contributed by atoms with Crippen LogP contribution in [-0.2, 0) is 9.09 Å². The first-order valence-electron chi connectivity index (χ1n) is 12.4. The van der Waals surface area contributed by atoms with Crippen LogP contribution in [0.5, 0.6) is 0 Å². The molecule has 0 radical (unpaired) electrons. The third kappa shape index (κ3) is 9.22. The van der Waals surface area contributed by atoms with Crippen LogP contribution in [0.15, 0.2) is 70.7 Å². The first kappa shape index (κ1) is 33.0. The van der Waals surface area contributed by atoms with Crippen LogP contribution in [-0.4, -0.2) is 42.8 Å². The van der Waals surface area contributed by atoms with Crippen LogP contribution in [0.25, 0.3) is 11.0 Å². The van der Waals surface area contributed by atoms with Gasteiger partial charge in [0.2, 0.25) is 0 Å². The molecule has 0 aliphatic carbocycles. The summed E-state index contributed by atoms with van der Waals surface area (Å²) in [5.74, 6) is 0.326. The van der Waals surface area contributed by atoms with Gasteiger partial charge in [0.1, 0.15) is 12.1 Å². The van der Waals surface area contributed by atoms with Crippen LogP contribution >= 0.6 is 19.6 Å². The quantitative estimate of drug-likeness (QED) is 0.102. The Morgan fingerprint density at radius 1 is 1.12 bits per heavy atom. The van der Waals surface area contributed by atoms with Gasteiger partial charge >= 0.3 is 37.4 Å². The van der Waals surface area contributed by atoms with Gasteiger partial charge in [0.05, 0.1) is 23.2 Å². The molecule has 2 heterocycles. The van der Waals surface area contributed by atoms with Crippen molar-refractivity contribution in [2.75, 3.05) is 17.7 Å². The van der Waals surface area contributed by atoms with Crippen LogP contribution in [0.3, 0.4) is 0 Å². The van der Waals surface area contributed by atoms with E-state index in [2.05, 4.69) is 44.0 Å². The SMILES string of the molecule is CC(C)c1ccc2c(Nc3cc(C(=O)NC(C)(C)COP(=O)(O)O)ccc3Sc3ccc(N)cc3)ncnc2n1.[H-].[Na+]. The van der Waals surface area contributed by atoms with E-state index in [4.69, 9.17) is 15.5 Å². The Balaban J connectivity index is 0.00000308. The number of benzene rings is 2. The fraction of sp³-hybridized carbons (Fsp3) is 0.259. The van der Waals surface area contributed by atoms with Crippen LogP contribution in [0.1, 0.15) is 51.1 Å². The van der Waals surface area contributed by atoms with Crippen molar-refractivity contribution in [3.8, 4) is 0 Å². The summed E-state index contributed by atoms with van der Waals surface area (Å²) < 4.78 is 15.7. The summed E-state index contributed by atoms with van der Waals surface area (Å²) in [4.78, 5) is 46.4. The summed E-state index contributed by atoms with van der Waals surface area (Å²) in [7, 11) is -4.69. The molecule has 0 atom stereocenters. The molecule has 0 saturated heterocycles. The number of carbonyl (C=O) groups excluding carboxylic acids is 1. The molecule has 2 aromatic heterocycles. The van der Waals surface area contributed by atoms with Crippen molar-refractivity contribution in [1.29, 1.82) is 0 Å². The van der Waals surface area contributed by atoms with Crippen LogP contribution in [0.4, 0.5) is 17.2 Å². The molecule has 4 aromatic rings. The Morgan fingerprint density at radius 3 is 2.49 bits per heavy atom. The number of aromatic nitrogens is 3. The zero-order valence-corrected chi connectivity index (χ0v) is 27.2. The molecular weight excluding hydrogens is 574 g/mol. The smallest absolute Gasteiger partial charge is 1.00 e. The van der Waals surface area contributed by atoms with Gasteiger partial charge in [-0.2, -0.15) is 0 Å². The van der Waals surface area contributed by atoms with Gasteiger partial charge in [-0.1, -0.05) is 25.6 Å². The largest absolute Gasteiger partial charge is 1.00 e. The van der Waals surface area contributed by atoms with Gasteiger partial charge in [-0.05, 0) is 74.4 Å². The number of carbonyl (C=O) groups is 1. The fourth-order valence-corrected chi connectivity index (χ4v) is 5.06. The molecule has 2 aromatic carbocycles. The summed E-state index contributed by atoms with van der Waals surface area (Å²) in [5, 5.41) is 6.84. The van der Waals surface area contributed by atoms with E-state index in [9.17, 15) is 9.36 Å². The molecule has 11 nitrogen and oxygen atoms in total. The number of nitrogens with zero attached hydrogens (tertiary/aromatic N) is 3. The number of fused-ring (bicyclic) bond motifs is 1. The molecule has 0 spiro atoms. The predicted molar refractivity (Wildman–Crippen MR) is 157 cm³/mol. The van der Waals surface area contributed by atoms with Gasteiger partial charge in [0.25, 0.3) is 5.91 Å². The topological polar surface area (TPSA) is 173 Å². The van der Waals surface area contributed by atoms with E-state index in [1.165, 1.54) is 18.1 Å². The van der Waals surface area contributed by atoms with E-state index in [1.54, 1.807) is 26.0 Å². The van der Waals surface area contributed by atoms with Crippen LogP contribution in [0, 0.1) is 0 Å². The van der Waals surface area contributed by atoms with Crippen molar-refractivity contribution in [2.45, 2.75) is 48.9 Å². The second-order valence-corrected chi connectivity index (χ2v) is 12.4. The molecule has 0 unspecified atom stereocenters. The van der Waals surface area contributed by atoms with Crippen LogP contribution < -0.4 is 45.9 Å². The number of pyridine rings is 1. The standard InChI is InChI=1S/C27H31N6O5PS.Na.H/c1-16(2)21-11-10-20-24(31-21)29-15-30-25(20)32-22-13-17(26(34)33-27(3,4)14-38-39(35,36)37)5-12-23(22)40-19-8-6-18(28)7-9-19;;/h5-13,15-16H,14,28H2,1-4H3,(H,33,34)(H2,35,36,37)(H,29,30,31,32);;/q;+1;-1. The van der Waals surface area contributed by atoms with E-state index in [0.29, 0.717) is 28.4 Å². The second kappa shape index (κ2) is 13.6. The Kier molecular flexibility index (Phi) is 11.0. The second-order valence-electron chi connectivity index (χ2n) is 10.1. The Morgan fingerprint density at radius 2 is 1.83 bits per heavy atom. The van der Waals surface area contributed by atoms with E-state index in [0.717, 1.165) is 20.9 Å². The van der Waals surface area contributed by atoms with Crippen molar-refractivity contribution < 1.29 is 54.7 Å². The first-order chi connectivity index (χ1) is 18.8. The summed E-state index contributed by atoms with van der Waals surface area (Å²) >= 11 is 1.48. The van der Waals surface area contributed by atoms with Gasteiger partial charge in [-0.15, -0.1) is 0 Å². The number of amides is 1. The number of hydrogen-bond donors (Lipinski definition) is 5. The maximum Gasteiger partial charge on any atom is 1.00 e. The monoisotopic (exact) mass is 606 g/mol. The predicted octanol–water partition coefficient (Wildman–Crippen LogP) is 2.36. The molecule has 4 rings (SSSR count). The van der Waals surface area contributed by atoms with E-state index < -0.39 is 19.3 Å². The Labute approximate surface area is 266 Å². The molecule has 0 fully saturated rings. The van der Waals surface area contributed by atoms with Crippen molar-refractivity contribution in [3.05, 3.63) is 72.2 Å². The summed E-state index contributed by atoms with van der Waals surface area (Å²) in [6, 6.07) is 16.5. The van der Waals surface area contributed by atoms with Gasteiger partial charge < -0.3 is 27.6 Å². The summed E-state index contributed by atoms with van der Waals surface area (Å²) in [5.41, 5.74) is 7.86. The minimum atomic E-state index is -4.69. The minimum absolute atomic E-state index is 0. The fourth-order valence-electron chi connectivity index (χ4n) is 3.69. The molecule has 0 aliphatic heterocycles. The van der Waals surface area contributed by atoms with E-state index in [-0.39, 0.29) is 43.5 Å².